The van der Waals surface area contributed by atoms with E-state index in [0.717, 1.165) is 10.3 Å². The second-order valence-corrected chi connectivity index (χ2v) is 4.05. The number of hydrogen-bond acceptors (Lipinski definition) is 1. The molecule has 0 nitrogen and oxygen atoms in total. The molecular weight excluding hydrogens is 164 g/mol. The Morgan fingerprint density at radius 1 is 1.50 bits per heavy atom. The molecule has 0 aromatic heterocycles. The molecular formula is C8H7ClS. The molecule has 1 aromatic rings. The summed E-state index contributed by atoms with van der Waals surface area (Å²) >= 11 is 7.78. The van der Waals surface area contributed by atoms with Gasteiger partial charge in [0.25, 0.3) is 0 Å². The smallest absolute Gasteiger partial charge is 0.0409 e. The fourth-order valence-electron chi connectivity index (χ4n) is 0.947. The third-order valence-electron chi connectivity index (χ3n) is 1.55. The van der Waals surface area contributed by atoms with Crippen molar-refractivity contribution in [2.45, 2.75) is 5.25 Å². The number of thioether (sulfide) groups is 1. The highest BCUT2D eigenvalue weighted by Gasteiger charge is 2.24. The van der Waals surface area contributed by atoms with Gasteiger partial charge in [0.05, 0.1) is 0 Å². The van der Waals surface area contributed by atoms with Crippen molar-refractivity contribution >= 4 is 23.4 Å². The van der Waals surface area contributed by atoms with Crippen molar-refractivity contribution in [1.82, 2.24) is 0 Å². The lowest BCUT2D eigenvalue weighted by Crippen LogP contribution is -1.76. The molecule has 0 N–H and O–H groups in total. The lowest BCUT2D eigenvalue weighted by atomic mass is 10.2. The van der Waals surface area contributed by atoms with Gasteiger partial charge in [-0.25, -0.2) is 0 Å². The summed E-state index contributed by atoms with van der Waals surface area (Å²) in [5.74, 6) is 1.26. The molecule has 1 heterocycles. The standard InChI is InChI=1S/C8H7ClS/c9-7-3-1-2-6(4-7)8-5-10-8/h1-4,8H,5H2. The zero-order chi connectivity index (χ0) is 6.97. The summed E-state index contributed by atoms with van der Waals surface area (Å²) in [6, 6.07) is 8.11. The van der Waals surface area contributed by atoms with Crippen LogP contribution < -0.4 is 0 Å². The van der Waals surface area contributed by atoms with E-state index >= 15 is 0 Å². The van der Waals surface area contributed by atoms with Gasteiger partial charge in [0, 0.05) is 16.0 Å². The molecule has 1 fully saturated rings. The average molecular weight is 171 g/mol. The molecule has 52 valence electrons. The van der Waals surface area contributed by atoms with Crippen molar-refractivity contribution < 1.29 is 0 Å². The molecule has 1 unspecified atom stereocenters. The van der Waals surface area contributed by atoms with Crippen LogP contribution >= 0.6 is 23.4 Å². The molecule has 10 heavy (non-hydrogen) atoms. The highest BCUT2D eigenvalue weighted by atomic mass is 35.5. The van der Waals surface area contributed by atoms with E-state index < -0.39 is 0 Å². The summed E-state index contributed by atoms with van der Waals surface area (Å²) < 4.78 is 0. The minimum absolute atomic E-state index is 0.735. The topological polar surface area (TPSA) is 0 Å². The summed E-state index contributed by atoms with van der Waals surface area (Å²) in [4.78, 5) is 0. The Labute approximate surface area is 69.6 Å². The van der Waals surface area contributed by atoms with E-state index in [0.29, 0.717) is 0 Å². The third kappa shape index (κ3) is 1.30. The third-order valence-corrected chi connectivity index (χ3v) is 2.73. The maximum Gasteiger partial charge on any atom is 0.0409 e. The van der Waals surface area contributed by atoms with E-state index in [1.54, 1.807) is 0 Å². The van der Waals surface area contributed by atoms with Gasteiger partial charge in [-0.2, -0.15) is 11.8 Å². The second kappa shape index (κ2) is 2.48. The lowest BCUT2D eigenvalue weighted by Gasteiger charge is -1.94. The maximum absolute atomic E-state index is 5.81. The molecule has 2 rings (SSSR count). The van der Waals surface area contributed by atoms with Gasteiger partial charge in [0.1, 0.15) is 0 Å². The largest absolute Gasteiger partial charge is 0.151 e. The Kier molecular flexibility index (Phi) is 1.63. The van der Waals surface area contributed by atoms with Crippen LogP contribution in [0.1, 0.15) is 10.8 Å². The molecule has 1 aliphatic rings. The first-order chi connectivity index (χ1) is 4.86. The van der Waals surface area contributed by atoms with Crippen molar-refractivity contribution in [2.75, 3.05) is 5.75 Å². The Hall–Kier alpha value is -0.140. The fraction of sp³-hybridized carbons (Fsp3) is 0.250. The average Bonchev–Trinajstić information content (AvgIpc) is 2.68. The molecule has 0 aliphatic carbocycles. The van der Waals surface area contributed by atoms with Crippen LogP contribution in [0, 0.1) is 0 Å². The molecule has 0 spiro atoms. The van der Waals surface area contributed by atoms with E-state index in [1.807, 2.05) is 30.0 Å². The van der Waals surface area contributed by atoms with Crippen LogP contribution in [-0.2, 0) is 0 Å². The van der Waals surface area contributed by atoms with E-state index in [2.05, 4.69) is 6.07 Å². The highest BCUT2D eigenvalue weighted by molar-refractivity contribution is 8.06. The van der Waals surface area contributed by atoms with Crippen LogP contribution in [0.2, 0.25) is 5.02 Å². The minimum atomic E-state index is 0.735. The van der Waals surface area contributed by atoms with Crippen LogP contribution in [0.3, 0.4) is 0 Å². The van der Waals surface area contributed by atoms with Crippen molar-refractivity contribution in [3.63, 3.8) is 0 Å². The molecule has 0 bridgehead atoms. The number of rotatable bonds is 1. The van der Waals surface area contributed by atoms with Crippen LogP contribution in [-0.4, -0.2) is 5.75 Å². The molecule has 2 heteroatoms. The number of benzene rings is 1. The van der Waals surface area contributed by atoms with E-state index in [4.69, 9.17) is 11.6 Å². The first-order valence-corrected chi connectivity index (χ1v) is 4.66. The number of halogens is 1. The predicted molar refractivity (Wildman–Crippen MR) is 46.7 cm³/mol. The Bertz CT molecular complexity index is 243. The molecule has 0 saturated carbocycles. The molecule has 0 radical (unpaired) electrons. The van der Waals surface area contributed by atoms with E-state index in [9.17, 15) is 0 Å². The Balaban J connectivity index is 2.32. The summed E-state index contributed by atoms with van der Waals surface area (Å²) in [5, 5.41) is 1.59. The van der Waals surface area contributed by atoms with Crippen LogP contribution in [0.25, 0.3) is 0 Å². The van der Waals surface area contributed by atoms with Crippen LogP contribution in [0.15, 0.2) is 24.3 Å². The van der Waals surface area contributed by atoms with E-state index in [-0.39, 0.29) is 0 Å². The van der Waals surface area contributed by atoms with E-state index in [1.165, 1.54) is 11.3 Å². The summed E-state index contributed by atoms with van der Waals surface area (Å²) in [6.07, 6.45) is 0. The second-order valence-electron chi connectivity index (χ2n) is 2.38. The van der Waals surface area contributed by atoms with Crippen LogP contribution in [0.5, 0.6) is 0 Å². The Morgan fingerprint density at radius 2 is 2.30 bits per heavy atom. The Morgan fingerprint density at radius 3 is 2.90 bits per heavy atom. The lowest BCUT2D eigenvalue weighted by molar-refractivity contribution is 1.23. The van der Waals surface area contributed by atoms with Gasteiger partial charge in [-0.15, -0.1) is 0 Å². The molecule has 1 aromatic carbocycles. The first kappa shape index (κ1) is 6.56. The highest BCUT2D eigenvalue weighted by Crippen LogP contribution is 2.46. The zero-order valence-corrected chi connectivity index (χ0v) is 6.95. The maximum atomic E-state index is 5.81. The predicted octanol–water partition coefficient (Wildman–Crippen LogP) is 3.13. The first-order valence-electron chi connectivity index (χ1n) is 3.23. The minimum Gasteiger partial charge on any atom is -0.151 e. The molecule has 1 saturated heterocycles. The molecule has 0 amide bonds. The summed E-state index contributed by atoms with van der Waals surface area (Å²) in [6.45, 7) is 0. The van der Waals surface area contributed by atoms with Crippen LogP contribution in [0.4, 0.5) is 0 Å². The van der Waals surface area contributed by atoms with Crippen molar-refractivity contribution in [3.05, 3.63) is 34.9 Å². The quantitative estimate of drug-likeness (QED) is 0.584. The van der Waals surface area contributed by atoms with Crippen molar-refractivity contribution in [3.8, 4) is 0 Å². The van der Waals surface area contributed by atoms with Gasteiger partial charge in [-0.3, -0.25) is 0 Å². The summed E-state index contributed by atoms with van der Waals surface area (Å²) in [7, 11) is 0. The van der Waals surface area contributed by atoms with Gasteiger partial charge in [-0.05, 0) is 17.7 Å². The number of hydrogen-bond donors (Lipinski definition) is 0. The SMILES string of the molecule is Clc1cccc(C2CS2)c1. The molecule has 1 aliphatic heterocycles. The van der Waals surface area contributed by atoms with Gasteiger partial charge < -0.3 is 0 Å². The zero-order valence-electron chi connectivity index (χ0n) is 5.38. The van der Waals surface area contributed by atoms with Gasteiger partial charge in [0.15, 0.2) is 0 Å². The fourth-order valence-corrected chi connectivity index (χ4v) is 1.77. The monoisotopic (exact) mass is 170 g/mol. The molecule has 1 atom stereocenters. The van der Waals surface area contributed by atoms with Crippen molar-refractivity contribution in [2.24, 2.45) is 0 Å². The van der Waals surface area contributed by atoms with Gasteiger partial charge in [0.2, 0.25) is 0 Å². The van der Waals surface area contributed by atoms with Gasteiger partial charge in [-0.1, -0.05) is 23.7 Å². The summed E-state index contributed by atoms with van der Waals surface area (Å²) in [5.41, 5.74) is 1.37. The van der Waals surface area contributed by atoms with Gasteiger partial charge >= 0.3 is 0 Å². The van der Waals surface area contributed by atoms with Crippen molar-refractivity contribution in [1.29, 1.82) is 0 Å². The normalized spacial score (nSPS) is 22.7.